The van der Waals surface area contributed by atoms with Crippen LogP contribution in [0.4, 0.5) is 4.79 Å². The molecule has 21 heavy (non-hydrogen) atoms. The maximum absolute atomic E-state index is 12.2. The molecule has 1 aliphatic carbocycles. The lowest BCUT2D eigenvalue weighted by Gasteiger charge is -2.34. The number of carbonyl (C=O) groups is 1. The van der Waals surface area contributed by atoms with Gasteiger partial charge in [0.1, 0.15) is 5.75 Å². The molecule has 1 amide bonds. The number of amides is 1. The zero-order valence-electron chi connectivity index (χ0n) is 13.2. The second-order valence-corrected chi connectivity index (χ2v) is 6.16. The summed E-state index contributed by atoms with van der Waals surface area (Å²) >= 11 is 0. The van der Waals surface area contributed by atoms with Gasteiger partial charge in [0.15, 0.2) is 0 Å². The lowest BCUT2D eigenvalue weighted by atomic mass is 9.78. The van der Waals surface area contributed by atoms with Crippen molar-refractivity contribution in [1.29, 1.82) is 0 Å². The topological polar surface area (TPSA) is 38.3 Å². The van der Waals surface area contributed by atoms with E-state index in [1.54, 1.807) is 12.1 Å². The van der Waals surface area contributed by atoms with Crippen LogP contribution in [0.15, 0.2) is 30.3 Å². The van der Waals surface area contributed by atoms with Crippen molar-refractivity contribution in [3.8, 4) is 5.75 Å². The van der Waals surface area contributed by atoms with Crippen molar-refractivity contribution in [2.24, 2.45) is 11.8 Å². The number of hydrogen-bond acceptors (Lipinski definition) is 2. The highest BCUT2D eigenvalue weighted by molar-refractivity contribution is 5.70. The van der Waals surface area contributed by atoms with Gasteiger partial charge in [-0.1, -0.05) is 57.7 Å². The smallest absolute Gasteiger partial charge is 0.410 e. The van der Waals surface area contributed by atoms with Gasteiger partial charge in [-0.3, -0.25) is 0 Å². The number of hydrogen-bond donors (Lipinski definition) is 1. The molecule has 1 aliphatic rings. The van der Waals surface area contributed by atoms with E-state index in [2.05, 4.69) is 19.2 Å². The minimum atomic E-state index is -0.322. The fourth-order valence-electron chi connectivity index (χ4n) is 3.23. The Labute approximate surface area is 128 Å². The van der Waals surface area contributed by atoms with E-state index in [1.807, 2.05) is 18.2 Å². The SMILES string of the molecule is CCC(C)[C@@H](NC(=O)Oc1ccccc1)C1CCCCC1. The first-order chi connectivity index (χ1) is 10.2. The molecule has 1 N–H and O–H groups in total. The van der Waals surface area contributed by atoms with Gasteiger partial charge in [-0.2, -0.15) is 0 Å². The fourth-order valence-corrected chi connectivity index (χ4v) is 3.23. The van der Waals surface area contributed by atoms with Crippen LogP contribution in [0.3, 0.4) is 0 Å². The van der Waals surface area contributed by atoms with E-state index in [0.717, 1.165) is 6.42 Å². The molecule has 0 bridgehead atoms. The average Bonchev–Trinajstić information content (AvgIpc) is 2.53. The van der Waals surface area contributed by atoms with E-state index in [-0.39, 0.29) is 12.1 Å². The molecule has 0 aromatic heterocycles. The molecule has 0 aliphatic heterocycles. The maximum Gasteiger partial charge on any atom is 0.412 e. The molecule has 0 heterocycles. The molecule has 3 nitrogen and oxygen atoms in total. The third-order valence-electron chi connectivity index (χ3n) is 4.65. The van der Waals surface area contributed by atoms with Gasteiger partial charge in [0.2, 0.25) is 0 Å². The average molecular weight is 289 g/mol. The van der Waals surface area contributed by atoms with Gasteiger partial charge in [-0.15, -0.1) is 0 Å². The second-order valence-electron chi connectivity index (χ2n) is 6.16. The van der Waals surface area contributed by atoms with Crippen molar-refractivity contribution in [3.63, 3.8) is 0 Å². The van der Waals surface area contributed by atoms with Crippen LogP contribution < -0.4 is 10.1 Å². The molecule has 0 radical (unpaired) electrons. The largest absolute Gasteiger partial charge is 0.412 e. The number of rotatable bonds is 5. The van der Waals surface area contributed by atoms with Crippen LogP contribution in [0.1, 0.15) is 52.4 Å². The van der Waals surface area contributed by atoms with Crippen LogP contribution in [0.5, 0.6) is 5.75 Å². The molecular formula is C18H27NO2. The van der Waals surface area contributed by atoms with Gasteiger partial charge >= 0.3 is 6.09 Å². The first kappa shape index (κ1) is 15.9. The van der Waals surface area contributed by atoms with Crippen LogP contribution in [-0.4, -0.2) is 12.1 Å². The van der Waals surface area contributed by atoms with Crippen molar-refractivity contribution in [2.45, 2.75) is 58.4 Å². The fraction of sp³-hybridized carbons (Fsp3) is 0.611. The van der Waals surface area contributed by atoms with Crippen molar-refractivity contribution in [2.75, 3.05) is 0 Å². The van der Waals surface area contributed by atoms with E-state index in [1.165, 1.54) is 32.1 Å². The van der Waals surface area contributed by atoms with E-state index in [9.17, 15) is 4.79 Å². The molecule has 1 fully saturated rings. The molecular weight excluding hydrogens is 262 g/mol. The predicted molar refractivity (Wildman–Crippen MR) is 85.4 cm³/mol. The number of ether oxygens (including phenoxy) is 1. The second kappa shape index (κ2) is 8.06. The molecule has 2 rings (SSSR count). The highest BCUT2D eigenvalue weighted by Gasteiger charge is 2.29. The summed E-state index contributed by atoms with van der Waals surface area (Å²) in [5.74, 6) is 1.68. The third kappa shape index (κ3) is 4.76. The van der Waals surface area contributed by atoms with Gasteiger partial charge in [0, 0.05) is 6.04 Å². The van der Waals surface area contributed by atoms with Crippen molar-refractivity contribution >= 4 is 6.09 Å². The van der Waals surface area contributed by atoms with Crippen LogP contribution in [0.2, 0.25) is 0 Å². The Balaban J connectivity index is 1.95. The monoisotopic (exact) mass is 289 g/mol. The van der Waals surface area contributed by atoms with Gasteiger partial charge in [0.25, 0.3) is 0 Å². The normalized spacial score (nSPS) is 18.8. The maximum atomic E-state index is 12.2. The Morgan fingerprint density at radius 3 is 2.52 bits per heavy atom. The van der Waals surface area contributed by atoms with Gasteiger partial charge in [0.05, 0.1) is 0 Å². The van der Waals surface area contributed by atoms with E-state index in [0.29, 0.717) is 17.6 Å². The Bertz CT molecular complexity index is 426. The molecule has 2 atom stereocenters. The quantitative estimate of drug-likeness (QED) is 0.848. The van der Waals surface area contributed by atoms with E-state index < -0.39 is 0 Å². The van der Waals surface area contributed by atoms with Crippen LogP contribution in [-0.2, 0) is 0 Å². The van der Waals surface area contributed by atoms with Gasteiger partial charge in [-0.05, 0) is 36.8 Å². The summed E-state index contributed by atoms with van der Waals surface area (Å²) in [5.41, 5.74) is 0. The summed E-state index contributed by atoms with van der Waals surface area (Å²) in [7, 11) is 0. The molecule has 3 heteroatoms. The number of para-hydroxylation sites is 1. The predicted octanol–water partition coefficient (Wildman–Crippen LogP) is 4.77. The molecule has 0 spiro atoms. The molecule has 1 unspecified atom stereocenters. The minimum absolute atomic E-state index is 0.228. The Kier molecular flexibility index (Phi) is 6.09. The Morgan fingerprint density at radius 1 is 1.24 bits per heavy atom. The minimum Gasteiger partial charge on any atom is -0.410 e. The first-order valence-electron chi connectivity index (χ1n) is 8.24. The lowest BCUT2D eigenvalue weighted by Crippen LogP contribution is -2.46. The van der Waals surface area contributed by atoms with Crippen molar-refractivity contribution < 1.29 is 9.53 Å². The highest BCUT2D eigenvalue weighted by Crippen LogP contribution is 2.30. The van der Waals surface area contributed by atoms with E-state index >= 15 is 0 Å². The summed E-state index contributed by atoms with van der Waals surface area (Å²) in [5, 5.41) is 3.12. The van der Waals surface area contributed by atoms with Crippen LogP contribution in [0, 0.1) is 11.8 Å². The number of carbonyl (C=O) groups excluding carboxylic acids is 1. The van der Waals surface area contributed by atoms with Gasteiger partial charge in [-0.25, -0.2) is 4.79 Å². The highest BCUT2D eigenvalue weighted by atomic mass is 16.6. The summed E-state index contributed by atoms with van der Waals surface area (Å²) in [6, 6.07) is 9.49. The Hall–Kier alpha value is -1.51. The molecule has 1 aromatic rings. The third-order valence-corrected chi connectivity index (χ3v) is 4.65. The van der Waals surface area contributed by atoms with Gasteiger partial charge < -0.3 is 10.1 Å². The Morgan fingerprint density at radius 2 is 1.90 bits per heavy atom. The zero-order chi connectivity index (χ0) is 15.1. The number of benzene rings is 1. The molecule has 0 saturated heterocycles. The van der Waals surface area contributed by atoms with Crippen LogP contribution in [0.25, 0.3) is 0 Å². The summed E-state index contributed by atoms with van der Waals surface area (Å²) < 4.78 is 5.38. The molecule has 1 saturated carbocycles. The van der Waals surface area contributed by atoms with Crippen LogP contribution >= 0.6 is 0 Å². The summed E-state index contributed by atoms with van der Waals surface area (Å²) in [6.07, 6.45) is 7.10. The van der Waals surface area contributed by atoms with Crippen molar-refractivity contribution in [1.82, 2.24) is 5.32 Å². The molecule has 116 valence electrons. The molecule has 1 aromatic carbocycles. The summed E-state index contributed by atoms with van der Waals surface area (Å²) in [6.45, 7) is 4.41. The summed E-state index contributed by atoms with van der Waals surface area (Å²) in [4.78, 5) is 12.2. The van der Waals surface area contributed by atoms with E-state index in [4.69, 9.17) is 4.74 Å². The van der Waals surface area contributed by atoms with Crippen molar-refractivity contribution in [3.05, 3.63) is 30.3 Å². The first-order valence-corrected chi connectivity index (χ1v) is 8.24. The standard InChI is InChI=1S/C18H27NO2/c1-3-14(2)17(15-10-6-4-7-11-15)19-18(20)21-16-12-8-5-9-13-16/h5,8-9,12-15,17H,3-4,6-7,10-11H2,1-2H3,(H,19,20)/t14?,17-/m1/s1. The number of nitrogens with one attached hydrogen (secondary N) is 1. The lowest BCUT2D eigenvalue weighted by molar-refractivity contribution is 0.167. The zero-order valence-corrected chi connectivity index (χ0v) is 13.2.